The molecule has 2 atom stereocenters. The number of nitrogens with one attached hydrogen (secondary N) is 1. The third kappa shape index (κ3) is 7.98. The van der Waals surface area contributed by atoms with E-state index in [-0.39, 0.29) is 34.4 Å². The number of sulfone groups is 1. The van der Waals surface area contributed by atoms with Gasteiger partial charge in [-0.05, 0) is 88.1 Å². The zero-order valence-corrected chi connectivity index (χ0v) is 28.4. The Bertz CT molecular complexity index is 1930. The fraction of sp³-hybridized carbons (Fsp3) is 0.405. The van der Waals surface area contributed by atoms with Gasteiger partial charge in [-0.15, -0.1) is 0 Å². The van der Waals surface area contributed by atoms with E-state index >= 15 is 0 Å². The molecule has 1 aromatic heterocycles. The molecule has 0 spiro atoms. The Labute approximate surface area is 284 Å². The van der Waals surface area contributed by atoms with Gasteiger partial charge in [0.25, 0.3) is 5.91 Å². The average molecular weight is 695 g/mol. The van der Waals surface area contributed by atoms with Gasteiger partial charge in [0.15, 0.2) is 9.84 Å². The number of piperidine rings is 2. The fourth-order valence-corrected chi connectivity index (χ4v) is 7.73. The maximum absolute atomic E-state index is 14.4. The van der Waals surface area contributed by atoms with Crippen molar-refractivity contribution in [1.29, 1.82) is 0 Å². The molecule has 1 amide bonds. The van der Waals surface area contributed by atoms with Crippen LogP contribution < -0.4 is 5.32 Å². The SMILES string of the molecule is C[C@H](NC(=O)c1c(CN2CCC(N3CCC[C@H](O)C3)CC2)c(-c2cccc(C(F)(F)F)c2)nc2ccc(S(C)(=O)=O)cc12)c1ccccc1. The minimum absolute atomic E-state index is 0.00857. The summed E-state index contributed by atoms with van der Waals surface area (Å²) in [4.78, 5) is 23.8. The summed E-state index contributed by atoms with van der Waals surface area (Å²) in [6, 6.07) is 18.5. The molecule has 0 bridgehead atoms. The lowest BCUT2D eigenvalue weighted by Crippen LogP contribution is -2.49. The molecule has 0 aliphatic carbocycles. The van der Waals surface area contributed by atoms with Crippen molar-refractivity contribution in [2.45, 2.75) is 68.4 Å². The van der Waals surface area contributed by atoms with Crippen molar-refractivity contribution >= 4 is 26.6 Å². The van der Waals surface area contributed by atoms with Gasteiger partial charge >= 0.3 is 6.18 Å². The number of carbonyl (C=O) groups excluding carboxylic acids is 1. The Balaban J connectivity index is 1.47. The van der Waals surface area contributed by atoms with Gasteiger partial charge in [0, 0.05) is 41.9 Å². The number of rotatable bonds is 8. The maximum atomic E-state index is 14.4. The van der Waals surface area contributed by atoms with E-state index in [1.54, 1.807) is 6.07 Å². The van der Waals surface area contributed by atoms with Crippen molar-refractivity contribution in [2.24, 2.45) is 0 Å². The summed E-state index contributed by atoms with van der Waals surface area (Å²) in [5.41, 5.74) is 1.39. The van der Waals surface area contributed by atoms with Crippen LogP contribution in [0.15, 0.2) is 77.7 Å². The van der Waals surface area contributed by atoms with Crippen LogP contribution >= 0.6 is 0 Å². The molecule has 0 unspecified atom stereocenters. The number of carbonyl (C=O) groups is 1. The number of aromatic nitrogens is 1. The van der Waals surface area contributed by atoms with Crippen LogP contribution in [0.25, 0.3) is 22.2 Å². The molecule has 2 fully saturated rings. The Morgan fingerprint density at radius 1 is 1.00 bits per heavy atom. The van der Waals surface area contributed by atoms with Crippen molar-refractivity contribution < 1.29 is 31.5 Å². The standard InChI is InChI=1S/C37H41F3N4O4S/c1-24(25-8-4-3-5-9-25)41-36(46)34-31-21-30(49(2,47)48)13-14-33(31)42-35(26-10-6-11-27(20-26)37(38,39)40)32(34)23-43-18-15-28(16-19-43)44-17-7-12-29(45)22-44/h3-6,8-11,13-14,20-21,24,28-29,45H,7,12,15-19,22-23H2,1-2H3,(H,41,46)/t24-,29-/m0/s1. The molecule has 0 radical (unpaired) electrons. The van der Waals surface area contributed by atoms with Crippen LogP contribution in [-0.4, -0.2) is 78.8 Å². The highest BCUT2D eigenvalue weighted by molar-refractivity contribution is 7.90. The number of halogens is 3. The summed E-state index contributed by atoms with van der Waals surface area (Å²) < 4.78 is 67.1. The molecule has 8 nitrogen and oxygen atoms in total. The van der Waals surface area contributed by atoms with Gasteiger partial charge in [-0.25, -0.2) is 13.4 Å². The van der Waals surface area contributed by atoms with Crippen molar-refractivity contribution in [3.63, 3.8) is 0 Å². The number of pyridine rings is 1. The lowest BCUT2D eigenvalue weighted by atomic mass is 9.93. The molecule has 12 heteroatoms. The van der Waals surface area contributed by atoms with Crippen LogP contribution in [0.4, 0.5) is 13.2 Å². The first-order valence-corrected chi connectivity index (χ1v) is 18.5. The number of hydrogen-bond acceptors (Lipinski definition) is 7. The molecule has 0 saturated carbocycles. The lowest BCUT2D eigenvalue weighted by Gasteiger charge is -2.41. The van der Waals surface area contributed by atoms with Crippen LogP contribution in [0.3, 0.4) is 0 Å². The smallest absolute Gasteiger partial charge is 0.392 e. The fourth-order valence-electron chi connectivity index (χ4n) is 7.08. The first-order valence-electron chi connectivity index (χ1n) is 16.6. The first kappa shape index (κ1) is 35.0. The number of aliphatic hydroxyl groups is 1. The predicted molar refractivity (Wildman–Crippen MR) is 183 cm³/mol. The van der Waals surface area contributed by atoms with Crippen molar-refractivity contribution in [1.82, 2.24) is 20.1 Å². The summed E-state index contributed by atoms with van der Waals surface area (Å²) >= 11 is 0. The highest BCUT2D eigenvalue weighted by Crippen LogP contribution is 2.37. The highest BCUT2D eigenvalue weighted by atomic mass is 32.2. The summed E-state index contributed by atoms with van der Waals surface area (Å²) in [6.07, 6.45) is -0.428. The summed E-state index contributed by atoms with van der Waals surface area (Å²) in [7, 11) is -3.67. The van der Waals surface area contributed by atoms with Gasteiger partial charge in [-0.3, -0.25) is 14.6 Å². The van der Waals surface area contributed by atoms with E-state index in [4.69, 9.17) is 4.98 Å². The normalized spacial score (nSPS) is 19.2. The zero-order chi connectivity index (χ0) is 34.9. The Morgan fingerprint density at radius 3 is 2.41 bits per heavy atom. The molecule has 49 heavy (non-hydrogen) atoms. The molecule has 2 saturated heterocycles. The minimum Gasteiger partial charge on any atom is -0.392 e. The molecular weight excluding hydrogens is 653 g/mol. The third-order valence-electron chi connectivity index (χ3n) is 9.71. The number of hydrogen-bond donors (Lipinski definition) is 2. The molecular formula is C37H41F3N4O4S. The van der Waals surface area contributed by atoms with Crippen LogP contribution in [0, 0.1) is 0 Å². The zero-order valence-electron chi connectivity index (χ0n) is 27.6. The largest absolute Gasteiger partial charge is 0.416 e. The van der Waals surface area contributed by atoms with Gasteiger partial charge < -0.3 is 10.4 Å². The molecule has 2 N–H and O–H groups in total. The molecule has 2 aliphatic heterocycles. The van der Waals surface area contributed by atoms with Crippen molar-refractivity contribution in [3.05, 3.63) is 95.1 Å². The Kier molecular flexibility index (Phi) is 10.1. The molecule has 3 heterocycles. The second-order valence-corrected chi connectivity index (χ2v) is 15.3. The topological polar surface area (TPSA) is 103 Å². The van der Waals surface area contributed by atoms with Crippen molar-refractivity contribution in [2.75, 3.05) is 32.4 Å². The van der Waals surface area contributed by atoms with E-state index in [1.807, 2.05) is 37.3 Å². The van der Waals surface area contributed by atoms with E-state index in [0.717, 1.165) is 56.2 Å². The summed E-state index contributed by atoms with van der Waals surface area (Å²) in [5, 5.41) is 13.6. The quantitative estimate of drug-likeness (QED) is 0.225. The highest BCUT2D eigenvalue weighted by Gasteiger charge is 2.33. The summed E-state index contributed by atoms with van der Waals surface area (Å²) in [5.74, 6) is -0.477. The average Bonchev–Trinajstić information content (AvgIpc) is 3.07. The minimum atomic E-state index is -4.59. The summed E-state index contributed by atoms with van der Waals surface area (Å²) in [6.45, 7) is 4.97. The van der Waals surface area contributed by atoms with E-state index in [0.29, 0.717) is 42.1 Å². The van der Waals surface area contributed by atoms with Gasteiger partial charge in [0.1, 0.15) is 0 Å². The third-order valence-corrected chi connectivity index (χ3v) is 10.8. The van der Waals surface area contributed by atoms with Gasteiger partial charge in [-0.1, -0.05) is 42.5 Å². The second kappa shape index (κ2) is 14.2. The monoisotopic (exact) mass is 694 g/mol. The number of aliphatic hydroxyl groups excluding tert-OH is 1. The van der Waals surface area contributed by atoms with E-state index < -0.39 is 33.5 Å². The number of alkyl halides is 3. The lowest BCUT2D eigenvalue weighted by molar-refractivity contribution is -0.137. The Hall–Kier alpha value is -3.84. The van der Waals surface area contributed by atoms with Gasteiger partial charge in [0.05, 0.1) is 39.4 Å². The van der Waals surface area contributed by atoms with E-state index in [1.165, 1.54) is 24.3 Å². The van der Waals surface area contributed by atoms with Crippen LogP contribution in [0.2, 0.25) is 0 Å². The maximum Gasteiger partial charge on any atom is 0.416 e. The first-order chi connectivity index (χ1) is 23.3. The predicted octanol–water partition coefficient (Wildman–Crippen LogP) is 6.24. The van der Waals surface area contributed by atoms with E-state index in [9.17, 15) is 31.5 Å². The molecule has 4 aromatic rings. The number of amides is 1. The van der Waals surface area contributed by atoms with Crippen LogP contribution in [0.1, 0.15) is 65.7 Å². The molecule has 2 aliphatic rings. The number of benzene rings is 3. The number of β-amino-alcohol motifs (C(OH)–C–C–N with tert-alkyl or cyclic N) is 1. The Morgan fingerprint density at radius 2 is 1.73 bits per heavy atom. The van der Waals surface area contributed by atoms with Crippen LogP contribution in [-0.2, 0) is 22.6 Å². The number of likely N-dealkylation sites (tertiary alicyclic amines) is 2. The number of fused-ring (bicyclic) bond motifs is 1. The van der Waals surface area contributed by atoms with Gasteiger partial charge in [0.2, 0.25) is 0 Å². The molecule has 3 aromatic carbocycles. The molecule has 6 rings (SSSR count). The second-order valence-electron chi connectivity index (χ2n) is 13.2. The van der Waals surface area contributed by atoms with Crippen molar-refractivity contribution in [3.8, 4) is 11.3 Å². The number of nitrogens with zero attached hydrogens (tertiary/aromatic N) is 3. The van der Waals surface area contributed by atoms with Gasteiger partial charge in [-0.2, -0.15) is 13.2 Å². The van der Waals surface area contributed by atoms with E-state index in [2.05, 4.69) is 15.1 Å². The van der Waals surface area contributed by atoms with Crippen LogP contribution in [0.5, 0.6) is 0 Å². The molecule has 260 valence electrons.